The maximum Gasteiger partial charge on any atom is 0.317 e. The maximum atomic E-state index is 13.3. The highest BCUT2D eigenvalue weighted by Gasteiger charge is 2.31. The zero-order valence-electron chi connectivity index (χ0n) is 15.0. The summed E-state index contributed by atoms with van der Waals surface area (Å²) in [5, 5.41) is 12.9. The molecule has 1 aromatic rings. The smallest absolute Gasteiger partial charge is 0.317 e. The largest absolute Gasteiger partial charge is 0.393 e. The molecule has 3 rings (SSSR count). The molecule has 0 bridgehead atoms. The number of rotatable bonds is 4. The first kappa shape index (κ1) is 18.2. The number of piperidine rings is 1. The van der Waals surface area contributed by atoms with E-state index in [1.165, 1.54) is 25.0 Å². The monoisotopic (exact) mass is 348 g/mol. The van der Waals surface area contributed by atoms with Gasteiger partial charge in [0.05, 0.1) is 12.1 Å². The molecule has 0 spiro atoms. The number of amides is 2. The van der Waals surface area contributed by atoms with Crippen LogP contribution in [0.3, 0.4) is 0 Å². The van der Waals surface area contributed by atoms with Gasteiger partial charge in [0.1, 0.15) is 5.82 Å². The van der Waals surface area contributed by atoms with Gasteiger partial charge in [-0.2, -0.15) is 0 Å². The highest BCUT2D eigenvalue weighted by Crippen LogP contribution is 2.36. The van der Waals surface area contributed by atoms with Crippen LogP contribution < -0.4 is 5.32 Å². The van der Waals surface area contributed by atoms with Gasteiger partial charge in [0.25, 0.3) is 0 Å². The number of aliphatic hydroxyl groups is 1. The summed E-state index contributed by atoms with van der Waals surface area (Å²) in [6, 6.07) is 6.43. The van der Waals surface area contributed by atoms with Gasteiger partial charge in [0.15, 0.2) is 0 Å². The number of carbonyl (C=O) groups is 1. The molecular formula is C20H29FN2O2. The molecule has 0 aromatic heterocycles. The number of halogens is 1. The van der Waals surface area contributed by atoms with E-state index in [1.807, 2.05) is 11.8 Å². The van der Waals surface area contributed by atoms with E-state index in [0.717, 1.165) is 31.2 Å². The molecule has 2 amide bonds. The Morgan fingerprint density at radius 3 is 2.28 bits per heavy atom. The van der Waals surface area contributed by atoms with Crippen molar-refractivity contribution in [2.75, 3.05) is 13.1 Å². The van der Waals surface area contributed by atoms with Crippen LogP contribution in [-0.2, 0) is 0 Å². The first-order chi connectivity index (χ1) is 12.0. The van der Waals surface area contributed by atoms with Crippen LogP contribution in [0.15, 0.2) is 24.3 Å². The van der Waals surface area contributed by atoms with Gasteiger partial charge in [-0.1, -0.05) is 25.0 Å². The second-order valence-corrected chi connectivity index (χ2v) is 7.59. The van der Waals surface area contributed by atoms with Crippen LogP contribution in [0.1, 0.15) is 57.1 Å². The summed E-state index contributed by atoms with van der Waals surface area (Å²) in [5.41, 5.74) is 0.987. The Kier molecular flexibility index (Phi) is 5.94. The van der Waals surface area contributed by atoms with Crippen molar-refractivity contribution < 1.29 is 14.3 Å². The summed E-state index contributed by atoms with van der Waals surface area (Å²) < 4.78 is 13.3. The zero-order valence-corrected chi connectivity index (χ0v) is 15.0. The zero-order chi connectivity index (χ0) is 17.8. The maximum absolute atomic E-state index is 13.3. The van der Waals surface area contributed by atoms with E-state index in [-0.39, 0.29) is 29.9 Å². The number of hydrogen-bond acceptors (Lipinski definition) is 2. The summed E-state index contributed by atoms with van der Waals surface area (Å²) in [4.78, 5) is 14.6. The van der Waals surface area contributed by atoms with Crippen LogP contribution >= 0.6 is 0 Å². The second kappa shape index (κ2) is 8.17. The Morgan fingerprint density at radius 2 is 1.72 bits per heavy atom. The average molecular weight is 348 g/mol. The topological polar surface area (TPSA) is 52.6 Å². The Labute approximate surface area is 149 Å². The van der Waals surface area contributed by atoms with E-state index in [2.05, 4.69) is 5.32 Å². The molecule has 1 aromatic carbocycles. The summed E-state index contributed by atoms with van der Waals surface area (Å²) >= 11 is 0. The predicted octanol–water partition coefficient (Wildman–Crippen LogP) is 3.86. The SMILES string of the molecule is CC(O)C1CCN(C(=O)NC(c2ccc(F)cc2)C2CCCC2)CC1. The summed E-state index contributed by atoms with van der Waals surface area (Å²) in [6.45, 7) is 3.19. The van der Waals surface area contributed by atoms with Crippen molar-refractivity contribution in [3.63, 3.8) is 0 Å². The molecule has 2 atom stereocenters. The fourth-order valence-corrected chi connectivity index (χ4v) is 4.24. The molecule has 1 saturated heterocycles. The molecule has 1 aliphatic heterocycles. The lowest BCUT2D eigenvalue weighted by Crippen LogP contribution is -2.47. The number of aliphatic hydroxyl groups excluding tert-OH is 1. The van der Waals surface area contributed by atoms with Crippen molar-refractivity contribution in [2.24, 2.45) is 11.8 Å². The van der Waals surface area contributed by atoms with Crippen molar-refractivity contribution in [1.29, 1.82) is 0 Å². The van der Waals surface area contributed by atoms with E-state index >= 15 is 0 Å². The lowest BCUT2D eigenvalue weighted by molar-refractivity contribution is 0.0788. The van der Waals surface area contributed by atoms with Gasteiger partial charge >= 0.3 is 6.03 Å². The van der Waals surface area contributed by atoms with Crippen LogP contribution in [0.2, 0.25) is 0 Å². The number of carbonyl (C=O) groups excluding carboxylic acids is 1. The molecule has 1 heterocycles. The number of benzene rings is 1. The van der Waals surface area contributed by atoms with Crippen LogP contribution in [0.25, 0.3) is 0 Å². The minimum atomic E-state index is -0.310. The van der Waals surface area contributed by atoms with E-state index in [4.69, 9.17) is 0 Å². The molecule has 5 heteroatoms. The molecule has 4 nitrogen and oxygen atoms in total. The molecule has 25 heavy (non-hydrogen) atoms. The molecule has 1 saturated carbocycles. The van der Waals surface area contributed by atoms with Gasteiger partial charge in [0.2, 0.25) is 0 Å². The number of nitrogens with zero attached hydrogens (tertiary/aromatic N) is 1. The molecule has 2 fully saturated rings. The Bertz CT molecular complexity index is 562. The average Bonchev–Trinajstić information content (AvgIpc) is 3.15. The van der Waals surface area contributed by atoms with E-state index in [9.17, 15) is 14.3 Å². The van der Waals surface area contributed by atoms with Crippen molar-refractivity contribution >= 4 is 6.03 Å². The van der Waals surface area contributed by atoms with Crippen molar-refractivity contribution in [1.82, 2.24) is 10.2 Å². The number of urea groups is 1. The van der Waals surface area contributed by atoms with Gasteiger partial charge in [-0.05, 0) is 62.1 Å². The van der Waals surface area contributed by atoms with E-state index < -0.39 is 0 Å². The van der Waals surface area contributed by atoms with Gasteiger partial charge < -0.3 is 15.3 Å². The van der Waals surface area contributed by atoms with Crippen molar-refractivity contribution in [3.8, 4) is 0 Å². The van der Waals surface area contributed by atoms with Gasteiger partial charge in [-0.15, -0.1) is 0 Å². The number of likely N-dealkylation sites (tertiary alicyclic amines) is 1. The van der Waals surface area contributed by atoms with Crippen molar-refractivity contribution in [2.45, 2.75) is 57.6 Å². The summed E-state index contributed by atoms with van der Waals surface area (Å²) in [5.74, 6) is 0.455. The molecule has 2 aliphatic rings. The third kappa shape index (κ3) is 4.51. The Balaban J connectivity index is 1.65. The minimum Gasteiger partial charge on any atom is -0.393 e. The Hall–Kier alpha value is -1.62. The first-order valence-electron chi connectivity index (χ1n) is 9.53. The van der Waals surface area contributed by atoms with Crippen LogP contribution in [0.4, 0.5) is 9.18 Å². The lowest BCUT2D eigenvalue weighted by atomic mass is 9.91. The molecule has 138 valence electrons. The number of nitrogens with one attached hydrogen (secondary N) is 1. The normalized spacial score (nSPS) is 22.0. The highest BCUT2D eigenvalue weighted by atomic mass is 19.1. The van der Waals surface area contributed by atoms with E-state index in [0.29, 0.717) is 19.0 Å². The molecular weight excluding hydrogens is 319 g/mol. The van der Waals surface area contributed by atoms with Gasteiger partial charge in [-0.25, -0.2) is 9.18 Å². The fraction of sp³-hybridized carbons (Fsp3) is 0.650. The number of hydrogen-bond donors (Lipinski definition) is 2. The van der Waals surface area contributed by atoms with Crippen LogP contribution in [0, 0.1) is 17.7 Å². The van der Waals surface area contributed by atoms with Gasteiger partial charge in [-0.3, -0.25) is 0 Å². The second-order valence-electron chi connectivity index (χ2n) is 7.59. The molecule has 2 N–H and O–H groups in total. The molecule has 1 aliphatic carbocycles. The molecule has 2 unspecified atom stereocenters. The molecule has 0 radical (unpaired) electrons. The van der Waals surface area contributed by atoms with Gasteiger partial charge in [0, 0.05) is 13.1 Å². The third-order valence-corrected chi connectivity index (χ3v) is 5.89. The Morgan fingerprint density at radius 1 is 1.12 bits per heavy atom. The quantitative estimate of drug-likeness (QED) is 0.868. The fourth-order valence-electron chi connectivity index (χ4n) is 4.24. The predicted molar refractivity (Wildman–Crippen MR) is 95.6 cm³/mol. The lowest BCUT2D eigenvalue weighted by Gasteiger charge is -2.35. The minimum absolute atomic E-state index is 0.0368. The summed E-state index contributed by atoms with van der Waals surface area (Å²) in [7, 11) is 0. The van der Waals surface area contributed by atoms with E-state index in [1.54, 1.807) is 12.1 Å². The first-order valence-corrected chi connectivity index (χ1v) is 9.53. The van der Waals surface area contributed by atoms with Crippen LogP contribution in [0.5, 0.6) is 0 Å². The third-order valence-electron chi connectivity index (χ3n) is 5.89. The van der Waals surface area contributed by atoms with Crippen molar-refractivity contribution in [3.05, 3.63) is 35.6 Å². The standard InChI is InChI=1S/C20H29FN2O2/c1-14(24)15-10-12-23(13-11-15)20(25)22-19(16-4-2-3-5-16)17-6-8-18(21)9-7-17/h6-9,14-16,19,24H,2-5,10-13H2,1H3,(H,22,25). The highest BCUT2D eigenvalue weighted by molar-refractivity contribution is 5.75. The van der Waals surface area contributed by atoms with Crippen LogP contribution in [-0.4, -0.2) is 35.2 Å². The summed E-state index contributed by atoms with van der Waals surface area (Å²) in [6.07, 6.45) is 5.97.